The van der Waals surface area contributed by atoms with E-state index in [9.17, 15) is 13.5 Å². The van der Waals surface area contributed by atoms with Gasteiger partial charge in [0.15, 0.2) is 0 Å². The summed E-state index contributed by atoms with van der Waals surface area (Å²) in [6.45, 7) is 0. The molecule has 7 heteroatoms. The highest BCUT2D eigenvalue weighted by Crippen LogP contribution is 2.32. The van der Waals surface area contributed by atoms with Crippen molar-refractivity contribution in [1.29, 1.82) is 0 Å². The number of nitrogens with one attached hydrogen (secondary N) is 1. The topological polar surface area (TPSA) is 109 Å². The number of sulfonamides is 1. The molecule has 2 aromatic heterocycles. The molecule has 26 heavy (non-hydrogen) atoms. The number of aromatic nitrogens is 2. The number of phenolic OH excluding ortho intramolecular Hbond substituents is 1. The van der Waals surface area contributed by atoms with Gasteiger partial charge in [0.25, 0.3) is 0 Å². The molecule has 0 spiro atoms. The monoisotopic (exact) mass is 365 g/mol. The van der Waals surface area contributed by atoms with Crippen LogP contribution in [0.2, 0.25) is 0 Å². The lowest BCUT2D eigenvalue weighted by Gasteiger charge is -2.05. The minimum absolute atomic E-state index is 0.0583. The van der Waals surface area contributed by atoms with Crippen LogP contribution in [0.1, 0.15) is 0 Å². The van der Waals surface area contributed by atoms with E-state index in [1.807, 2.05) is 30.5 Å². The summed E-state index contributed by atoms with van der Waals surface area (Å²) < 4.78 is 23.2. The van der Waals surface area contributed by atoms with Gasteiger partial charge in [-0.1, -0.05) is 24.3 Å². The Hall–Kier alpha value is -3.16. The first-order chi connectivity index (χ1) is 12.4. The molecule has 6 nitrogen and oxygen atoms in total. The van der Waals surface area contributed by atoms with E-state index in [4.69, 9.17) is 5.14 Å². The van der Waals surface area contributed by atoms with Gasteiger partial charge in [0.2, 0.25) is 10.0 Å². The van der Waals surface area contributed by atoms with Crippen molar-refractivity contribution < 1.29 is 13.5 Å². The second-order valence-electron chi connectivity index (χ2n) is 5.94. The number of aromatic amines is 1. The summed E-state index contributed by atoms with van der Waals surface area (Å²) in [7, 11) is -3.77. The summed E-state index contributed by atoms with van der Waals surface area (Å²) >= 11 is 0. The third kappa shape index (κ3) is 2.94. The molecule has 0 fully saturated rings. The summed E-state index contributed by atoms with van der Waals surface area (Å²) in [4.78, 5) is 7.61. The molecule has 4 aromatic rings. The van der Waals surface area contributed by atoms with E-state index >= 15 is 0 Å². The summed E-state index contributed by atoms with van der Waals surface area (Å²) in [6.07, 6.45) is 3.54. The second-order valence-corrected chi connectivity index (χ2v) is 7.50. The third-order valence-corrected chi connectivity index (χ3v) is 5.12. The molecule has 4 rings (SSSR count). The van der Waals surface area contributed by atoms with Gasteiger partial charge in [-0.2, -0.15) is 0 Å². The number of hydrogen-bond donors (Lipinski definition) is 3. The highest BCUT2D eigenvalue weighted by molar-refractivity contribution is 7.89. The first-order valence-corrected chi connectivity index (χ1v) is 9.36. The molecule has 0 unspecified atom stereocenters. The van der Waals surface area contributed by atoms with Crippen molar-refractivity contribution in [2.75, 3.05) is 0 Å². The van der Waals surface area contributed by atoms with Crippen molar-refractivity contribution >= 4 is 21.1 Å². The van der Waals surface area contributed by atoms with Crippen molar-refractivity contribution in [2.45, 2.75) is 4.90 Å². The number of hydrogen-bond acceptors (Lipinski definition) is 4. The van der Waals surface area contributed by atoms with Crippen molar-refractivity contribution in [3.05, 3.63) is 67.0 Å². The number of phenols is 1. The number of primary sulfonamides is 1. The smallest absolute Gasteiger partial charge is 0.238 e. The maximum absolute atomic E-state index is 11.6. The lowest BCUT2D eigenvalue weighted by molar-refractivity contribution is 0.475. The van der Waals surface area contributed by atoms with Crippen LogP contribution in [0, 0.1) is 0 Å². The molecule has 2 heterocycles. The van der Waals surface area contributed by atoms with Crippen LogP contribution >= 0.6 is 0 Å². The lowest BCUT2D eigenvalue weighted by atomic mass is 10.0. The van der Waals surface area contributed by atoms with Gasteiger partial charge in [0, 0.05) is 28.9 Å². The molecule has 0 aliphatic heterocycles. The highest BCUT2D eigenvalue weighted by Gasteiger charge is 2.12. The Kier molecular flexibility index (Phi) is 3.75. The molecule has 4 N–H and O–H groups in total. The van der Waals surface area contributed by atoms with Gasteiger partial charge in [-0.25, -0.2) is 18.5 Å². The Bertz CT molecular complexity index is 1210. The van der Waals surface area contributed by atoms with E-state index in [1.165, 1.54) is 12.1 Å². The van der Waals surface area contributed by atoms with Gasteiger partial charge in [0.05, 0.1) is 4.90 Å². The molecule has 0 aliphatic rings. The van der Waals surface area contributed by atoms with E-state index in [0.717, 1.165) is 27.7 Å². The van der Waals surface area contributed by atoms with Crippen LogP contribution in [0.25, 0.3) is 33.3 Å². The Morgan fingerprint density at radius 1 is 0.962 bits per heavy atom. The summed E-state index contributed by atoms with van der Waals surface area (Å²) in [5.41, 5.74) is 4.09. The van der Waals surface area contributed by atoms with Gasteiger partial charge in [0.1, 0.15) is 11.4 Å². The normalized spacial score (nSPS) is 11.7. The van der Waals surface area contributed by atoms with E-state index in [0.29, 0.717) is 5.56 Å². The molecule has 0 saturated carbocycles. The number of benzene rings is 2. The molecule has 0 radical (unpaired) electrons. The molecule has 0 saturated heterocycles. The van der Waals surface area contributed by atoms with Crippen LogP contribution in [-0.4, -0.2) is 23.5 Å². The Morgan fingerprint density at radius 2 is 1.73 bits per heavy atom. The average molecular weight is 365 g/mol. The van der Waals surface area contributed by atoms with Crippen molar-refractivity contribution in [3.8, 4) is 28.0 Å². The quantitative estimate of drug-likeness (QED) is 0.518. The highest BCUT2D eigenvalue weighted by atomic mass is 32.2. The Balaban J connectivity index is 1.86. The molecule has 0 amide bonds. The Morgan fingerprint density at radius 3 is 2.46 bits per heavy atom. The molecule has 130 valence electrons. The van der Waals surface area contributed by atoms with E-state index in [-0.39, 0.29) is 10.6 Å². The predicted octanol–water partition coefficient (Wildman–Crippen LogP) is 3.25. The minimum atomic E-state index is -3.77. The number of nitrogens with two attached hydrogens (primary N) is 1. The third-order valence-electron chi connectivity index (χ3n) is 4.21. The van der Waals surface area contributed by atoms with E-state index < -0.39 is 10.0 Å². The zero-order chi connectivity index (χ0) is 18.3. The number of pyridine rings is 1. The van der Waals surface area contributed by atoms with Crippen molar-refractivity contribution in [3.63, 3.8) is 0 Å². The van der Waals surface area contributed by atoms with Crippen molar-refractivity contribution in [2.24, 2.45) is 5.14 Å². The van der Waals surface area contributed by atoms with Crippen LogP contribution < -0.4 is 5.14 Å². The zero-order valence-corrected chi connectivity index (χ0v) is 14.4. The maximum Gasteiger partial charge on any atom is 0.238 e. The molecular formula is C19H15N3O3S. The van der Waals surface area contributed by atoms with E-state index in [1.54, 1.807) is 24.4 Å². The number of fused-ring (bicyclic) bond motifs is 1. The van der Waals surface area contributed by atoms with Crippen LogP contribution in [0.15, 0.2) is 71.9 Å². The van der Waals surface area contributed by atoms with Gasteiger partial charge < -0.3 is 10.1 Å². The number of rotatable bonds is 3. The summed E-state index contributed by atoms with van der Waals surface area (Å²) in [6, 6.07) is 15.3. The first-order valence-electron chi connectivity index (χ1n) is 7.81. The SMILES string of the molecule is NS(=O)(=O)c1cccc(-c2cnc3[nH]cc(-c4ccc(O)cc4)c3c2)c1. The van der Waals surface area contributed by atoms with Gasteiger partial charge >= 0.3 is 0 Å². The lowest BCUT2D eigenvalue weighted by Crippen LogP contribution is -2.11. The number of H-pyrrole nitrogens is 1. The fraction of sp³-hybridized carbons (Fsp3) is 0. The fourth-order valence-corrected chi connectivity index (χ4v) is 3.45. The Labute approximate surface area is 150 Å². The van der Waals surface area contributed by atoms with Gasteiger partial charge in [-0.15, -0.1) is 0 Å². The fourth-order valence-electron chi connectivity index (χ4n) is 2.89. The number of aromatic hydroxyl groups is 1. The summed E-state index contributed by atoms with van der Waals surface area (Å²) in [5.74, 6) is 0.201. The average Bonchev–Trinajstić information content (AvgIpc) is 3.05. The predicted molar refractivity (Wildman–Crippen MR) is 100 cm³/mol. The van der Waals surface area contributed by atoms with Crippen LogP contribution in [0.3, 0.4) is 0 Å². The molecular weight excluding hydrogens is 350 g/mol. The summed E-state index contributed by atoms with van der Waals surface area (Å²) in [5, 5.41) is 15.6. The number of nitrogens with zero attached hydrogens (tertiary/aromatic N) is 1. The zero-order valence-electron chi connectivity index (χ0n) is 13.5. The molecule has 0 bridgehead atoms. The van der Waals surface area contributed by atoms with Gasteiger partial charge in [-0.3, -0.25) is 0 Å². The van der Waals surface area contributed by atoms with Crippen LogP contribution in [0.5, 0.6) is 5.75 Å². The second kappa shape index (κ2) is 5.98. The molecule has 0 atom stereocenters. The van der Waals surface area contributed by atoms with Gasteiger partial charge in [-0.05, 0) is 41.5 Å². The maximum atomic E-state index is 11.6. The van der Waals surface area contributed by atoms with Crippen molar-refractivity contribution in [1.82, 2.24) is 9.97 Å². The van der Waals surface area contributed by atoms with Crippen LogP contribution in [-0.2, 0) is 10.0 Å². The largest absolute Gasteiger partial charge is 0.508 e. The molecule has 2 aromatic carbocycles. The minimum Gasteiger partial charge on any atom is -0.508 e. The molecule has 0 aliphatic carbocycles. The van der Waals surface area contributed by atoms with E-state index in [2.05, 4.69) is 9.97 Å². The first kappa shape index (κ1) is 16.3. The van der Waals surface area contributed by atoms with Crippen LogP contribution in [0.4, 0.5) is 0 Å². The standard InChI is InChI=1S/C19H15N3O3S/c20-26(24,25)16-3-1-2-13(8-16)14-9-17-18(11-22-19(17)21-10-14)12-4-6-15(23)7-5-12/h1-11,23H,(H,21,22)(H2,20,24,25).